The molecular weight excluding hydrogens is 407 g/mol. The van der Waals surface area contributed by atoms with Crippen molar-refractivity contribution in [2.45, 2.75) is 13.1 Å². The maximum Gasteiger partial charge on any atom is 0.255 e. The van der Waals surface area contributed by atoms with E-state index in [0.29, 0.717) is 27.8 Å². The van der Waals surface area contributed by atoms with Crippen LogP contribution < -0.4 is 5.56 Å². The monoisotopic (exact) mass is 426 g/mol. The summed E-state index contributed by atoms with van der Waals surface area (Å²) in [5.74, 6) is -0.0267. The van der Waals surface area contributed by atoms with Gasteiger partial charge in [0.2, 0.25) is 0 Å². The van der Waals surface area contributed by atoms with Gasteiger partial charge in [-0.25, -0.2) is 4.39 Å². The number of aromatic nitrogens is 1. The minimum atomic E-state index is -0.425. The van der Waals surface area contributed by atoms with E-state index in [1.54, 1.807) is 41.5 Å². The standard InChI is InChI=1S/C26H19FN2O3/c27-20-11-10-18-13-19(25(30)28-24(18)14-20)15-29(16-21-7-4-12-32-21)26(31)23-9-3-6-17-5-1-2-8-22(17)23/h1-14H,15-16H2,(H,28,30). The van der Waals surface area contributed by atoms with Gasteiger partial charge in [-0.1, -0.05) is 36.4 Å². The van der Waals surface area contributed by atoms with E-state index in [9.17, 15) is 14.0 Å². The van der Waals surface area contributed by atoms with Gasteiger partial charge < -0.3 is 14.3 Å². The van der Waals surface area contributed by atoms with Gasteiger partial charge in [0.25, 0.3) is 11.5 Å². The smallest absolute Gasteiger partial charge is 0.255 e. The van der Waals surface area contributed by atoms with Crippen LogP contribution in [0.25, 0.3) is 21.7 Å². The van der Waals surface area contributed by atoms with Crippen LogP contribution >= 0.6 is 0 Å². The number of amides is 1. The minimum absolute atomic E-state index is 0.0748. The molecule has 6 heteroatoms. The maximum absolute atomic E-state index is 13.6. The van der Waals surface area contributed by atoms with Crippen LogP contribution in [0, 0.1) is 5.82 Å². The topological polar surface area (TPSA) is 66.3 Å². The van der Waals surface area contributed by atoms with Crippen molar-refractivity contribution in [3.8, 4) is 0 Å². The molecule has 158 valence electrons. The average Bonchev–Trinajstić information content (AvgIpc) is 3.31. The molecule has 5 rings (SSSR count). The number of benzene rings is 3. The first-order valence-electron chi connectivity index (χ1n) is 10.2. The summed E-state index contributed by atoms with van der Waals surface area (Å²) < 4.78 is 19.0. The summed E-state index contributed by atoms with van der Waals surface area (Å²) in [6.45, 7) is 0.279. The van der Waals surface area contributed by atoms with Gasteiger partial charge >= 0.3 is 0 Å². The van der Waals surface area contributed by atoms with Gasteiger partial charge in [0, 0.05) is 11.1 Å². The Labute approximate surface area is 182 Å². The minimum Gasteiger partial charge on any atom is -0.467 e. The number of aromatic amines is 1. The molecule has 0 aliphatic rings. The molecule has 0 bridgehead atoms. The van der Waals surface area contributed by atoms with Gasteiger partial charge in [-0.05, 0) is 58.6 Å². The maximum atomic E-state index is 13.6. The molecule has 5 aromatic rings. The molecule has 0 saturated carbocycles. The summed E-state index contributed by atoms with van der Waals surface area (Å²) in [5.41, 5.74) is 1.01. The number of carbonyl (C=O) groups excluding carboxylic acids is 1. The molecule has 0 atom stereocenters. The van der Waals surface area contributed by atoms with Crippen molar-refractivity contribution in [2.24, 2.45) is 0 Å². The molecule has 0 fully saturated rings. The van der Waals surface area contributed by atoms with Gasteiger partial charge in [0.15, 0.2) is 0 Å². The highest BCUT2D eigenvalue weighted by Crippen LogP contribution is 2.22. The molecule has 2 aromatic heterocycles. The Balaban J connectivity index is 1.56. The van der Waals surface area contributed by atoms with Crippen LogP contribution in [-0.2, 0) is 13.1 Å². The highest BCUT2D eigenvalue weighted by Gasteiger charge is 2.21. The van der Waals surface area contributed by atoms with E-state index in [2.05, 4.69) is 4.98 Å². The molecule has 0 aliphatic heterocycles. The zero-order valence-corrected chi connectivity index (χ0v) is 17.0. The van der Waals surface area contributed by atoms with Gasteiger partial charge in [0.1, 0.15) is 11.6 Å². The summed E-state index contributed by atoms with van der Waals surface area (Å²) in [4.78, 5) is 30.6. The molecule has 32 heavy (non-hydrogen) atoms. The molecule has 1 N–H and O–H groups in total. The number of nitrogens with one attached hydrogen (secondary N) is 1. The Morgan fingerprint density at radius 1 is 0.906 bits per heavy atom. The predicted molar refractivity (Wildman–Crippen MR) is 121 cm³/mol. The fraction of sp³-hybridized carbons (Fsp3) is 0.0769. The number of hydrogen-bond acceptors (Lipinski definition) is 3. The van der Waals surface area contributed by atoms with E-state index < -0.39 is 5.82 Å². The van der Waals surface area contributed by atoms with Crippen molar-refractivity contribution in [1.29, 1.82) is 0 Å². The Morgan fingerprint density at radius 2 is 1.75 bits per heavy atom. The molecule has 0 saturated heterocycles. The Kier molecular flexibility index (Phi) is 5.03. The molecule has 0 unspecified atom stereocenters. The summed E-state index contributed by atoms with van der Waals surface area (Å²) in [7, 11) is 0. The normalized spacial score (nSPS) is 11.2. The van der Waals surface area contributed by atoms with E-state index in [4.69, 9.17) is 4.42 Å². The van der Waals surface area contributed by atoms with E-state index in [0.717, 1.165) is 10.8 Å². The van der Waals surface area contributed by atoms with E-state index in [-0.39, 0.29) is 24.6 Å². The Bertz CT molecular complexity index is 1480. The summed E-state index contributed by atoms with van der Waals surface area (Å²) in [5, 5.41) is 2.49. The van der Waals surface area contributed by atoms with Crippen LogP contribution in [0.1, 0.15) is 21.7 Å². The summed E-state index contributed by atoms with van der Waals surface area (Å²) in [6, 6.07) is 22.7. The number of pyridine rings is 1. The van der Waals surface area contributed by atoms with Crippen molar-refractivity contribution in [2.75, 3.05) is 0 Å². The van der Waals surface area contributed by atoms with Crippen molar-refractivity contribution in [3.05, 3.63) is 118 Å². The second-order valence-corrected chi connectivity index (χ2v) is 7.62. The van der Waals surface area contributed by atoms with Gasteiger partial charge in [-0.2, -0.15) is 0 Å². The molecular formula is C26H19FN2O3. The van der Waals surface area contributed by atoms with Crippen molar-refractivity contribution in [3.63, 3.8) is 0 Å². The third kappa shape index (κ3) is 3.78. The third-order valence-corrected chi connectivity index (χ3v) is 5.48. The number of hydrogen-bond donors (Lipinski definition) is 1. The Hall–Kier alpha value is -4.19. The zero-order chi connectivity index (χ0) is 22.1. The molecule has 5 nitrogen and oxygen atoms in total. The lowest BCUT2D eigenvalue weighted by atomic mass is 10.0. The molecule has 0 radical (unpaired) electrons. The third-order valence-electron chi connectivity index (χ3n) is 5.48. The number of H-pyrrole nitrogens is 1. The largest absolute Gasteiger partial charge is 0.467 e. The van der Waals surface area contributed by atoms with Crippen LogP contribution in [0.3, 0.4) is 0 Å². The number of rotatable bonds is 5. The highest BCUT2D eigenvalue weighted by atomic mass is 19.1. The summed E-state index contributed by atoms with van der Waals surface area (Å²) >= 11 is 0. The molecule has 2 heterocycles. The quantitative estimate of drug-likeness (QED) is 0.417. The zero-order valence-electron chi connectivity index (χ0n) is 17.0. The van der Waals surface area contributed by atoms with Gasteiger partial charge in [0.05, 0.1) is 24.9 Å². The lowest BCUT2D eigenvalue weighted by molar-refractivity contribution is 0.0719. The second kappa shape index (κ2) is 8.15. The fourth-order valence-corrected chi connectivity index (χ4v) is 3.91. The number of furan rings is 1. The molecule has 1 amide bonds. The van der Waals surface area contributed by atoms with Crippen molar-refractivity contribution >= 4 is 27.6 Å². The lowest BCUT2D eigenvalue weighted by Crippen LogP contribution is -2.32. The van der Waals surface area contributed by atoms with Gasteiger partial charge in [-0.15, -0.1) is 0 Å². The van der Waals surface area contributed by atoms with Crippen LogP contribution in [0.2, 0.25) is 0 Å². The average molecular weight is 426 g/mol. The van der Waals surface area contributed by atoms with Crippen LogP contribution in [0.5, 0.6) is 0 Å². The SMILES string of the molecule is O=C(c1cccc2ccccc12)N(Cc1ccco1)Cc1cc2ccc(F)cc2[nH]c1=O. The van der Waals surface area contributed by atoms with E-state index in [1.165, 1.54) is 12.1 Å². The molecule has 0 aliphatic carbocycles. The fourth-order valence-electron chi connectivity index (χ4n) is 3.91. The van der Waals surface area contributed by atoms with Crippen LogP contribution in [0.4, 0.5) is 4.39 Å². The summed E-state index contributed by atoms with van der Waals surface area (Å²) in [6.07, 6.45) is 1.55. The highest BCUT2D eigenvalue weighted by molar-refractivity contribution is 6.07. The Morgan fingerprint density at radius 3 is 2.59 bits per heavy atom. The first-order valence-corrected chi connectivity index (χ1v) is 10.2. The number of carbonyl (C=O) groups is 1. The second-order valence-electron chi connectivity index (χ2n) is 7.62. The van der Waals surface area contributed by atoms with Crippen molar-refractivity contribution < 1.29 is 13.6 Å². The number of fused-ring (bicyclic) bond motifs is 2. The number of halogens is 1. The van der Waals surface area contributed by atoms with E-state index in [1.807, 2.05) is 36.4 Å². The van der Waals surface area contributed by atoms with E-state index >= 15 is 0 Å². The first kappa shape index (κ1) is 19.8. The lowest BCUT2D eigenvalue weighted by Gasteiger charge is -2.22. The van der Waals surface area contributed by atoms with Crippen molar-refractivity contribution in [1.82, 2.24) is 9.88 Å². The number of nitrogens with zero attached hydrogens (tertiary/aromatic N) is 1. The predicted octanol–water partition coefficient (Wildman–Crippen LogP) is 5.26. The van der Waals surface area contributed by atoms with Crippen LogP contribution in [0.15, 0.2) is 94.3 Å². The van der Waals surface area contributed by atoms with Crippen LogP contribution in [-0.4, -0.2) is 15.8 Å². The molecule has 0 spiro atoms. The molecule has 3 aromatic carbocycles. The first-order chi connectivity index (χ1) is 15.6. The van der Waals surface area contributed by atoms with Gasteiger partial charge in [-0.3, -0.25) is 9.59 Å².